The molecule has 0 aliphatic rings. The van der Waals surface area contributed by atoms with Gasteiger partial charge in [-0.2, -0.15) is 0 Å². The quantitative estimate of drug-likeness (QED) is 0.332. The van der Waals surface area contributed by atoms with Gasteiger partial charge in [-0.15, -0.1) is 0 Å². The summed E-state index contributed by atoms with van der Waals surface area (Å²) in [5, 5.41) is 0. The zero-order valence-electron chi connectivity index (χ0n) is 13.9. The van der Waals surface area contributed by atoms with E-state index in [0.29, 0.717) is 12.2 Å². The van der Waals surface area contributed by atoms with Crippen molar-refractivity contribution in [2.24, 2.45) is 0 Å². The zero-order chi connectivity index (χ0) is 19.3. The summed E-state index contributed by atoms with van der Waals surface area (Å²) in [6.07, 6.45) is -0.816. The van der Waals surface area contributed by atoms with E-state index >= 15 is 0 Å². The molecule has 13 heteroatoms. The van der Waals surface area contributed by atoms with Crippen LogP contribution in [0.15, 0.2) is 24.3 Å². The van der Waals surface area contributed by atoms with E-state index < -0.39 is 35.2 Å². The monoisotopic (exact) mass is 434 g/mol. The van der Waals surface area contributed by atoms with Gasteiger partial charge in [-0.25, -0.2) is 0 Å². The van der Waals surface area contributed by atoms with Crippen LogP contribution in [0.1, 0.15) is 5.56 Å². The van der Waals surface area contributed by atoms with Crippen molar-refractivity contribution >= 4 is 34.4 Å². The van der Waals surface area contributed by atoms with Gasteiger partial charge in [0.25, 0.3) is 0 Å². The van der Waals surface area contributed by atoms with Gasteiger partial charge < -0.3 is 0 Å². The summed E-state index contributed by atoms with van der Waals surface area (Å²) >= 11 is 5.22. The van der Waals surface area contributed by atoms with Crippen LogP contribution in [0.2, 0.25) is 0 Å². The molecule has 0 aliphatic heterocycles. The summed E-state index contributed by atoms with van der Waals surface area (Å²) in [7, 11) is -6.63. The molecule has 25 heavy (non-hydrogen) atoms. The van der Waals surface area contributed by atoms with Crippen LogP contribution < -0.4 is 4.52 Å². The van der Waals surface area contributed by atoms with Crippen molar-refractivity contribution in [3.8, 4) is 5.75 Å². The Morgan fingerprint density at radius 2 is 1.76 bits per heavy atom. The third-order valence-electron chi connectivity index (χ3n) is 3.03. The second-order valence-corrected chi connectivity index (χ2v) is 11.9. The zero-order valence-corrected chi connectivity index (χ0v) is 17.7. The minimum atomic E-state index is -4.45. The summed E-state index contributed by atoms with van der Waals surface area (Å²) in [6, 6.07) is 7.11. The van der Waals surface area contributed by atoms with Gasteiger partial charge in [-0.05, 0) is 0 Å². The SMILES string of the molecule is CN(C)[PH](=S)Oc1ccc(CCN(CP(=O)(O)O)C[PH](O)(O)O)cc1. The third-order valence-corrected chi connectivity index (χ3v) is 7.16. The van der Waals surface area contributed by atoms with Crippen molar-refractivity contribution in [3.63, 3.8) is 0 Å². The van der Waals surface area contributed by atoms with Gasteiger partial charge in [0.2, 0.25) is 0 Å². The minimum absolute atomic E-state index is 0.148. The number of hydrogen-bond acceptors (Lipinski definition) is 7. The van der Waals surface area contributed by atoms with Gasteiger partial charge in [0.1, 0.15) is 0 Å². The van der Waals surface area contributed by atoms with Gasteiger partial charge in [-0.1, -0.05) is 0 Å². The summed E-state index contributed by atoms with van der Waals surface area (Å²) < 4.78 is 18.6. The van der Waals surface area contributed by atoms with Crippen LogP contribution in [0.3, 0.4) is 0 Å². The van der Waals surface area contributed by atoms with Gasteiger partial charge >= 0.3 is 153 Å². The Balaban J connectivity index is 2.66. The van der Waals surface area contributed by atoms with Crippen LogP contribution in [0.25, 0.3) is 0 Å². The first-order valence-corrected chi connectivity index (χ1v) is 13.6. The van der Waals surface area contributed by atoms with E-state index in [2.05, 4.69) is 0 Å². The van der Waals surface area contributed by atoms with Crippen molar-refractivity contribution < 1.29 is 33.6 Å². The van der Waals surface area contributed by atoms with E-state index in [-0.39, 0.29) is 6.54 Å². The Morgan fingerprint density at radius 3 is 2.20 bits per heavy atom. The average molecular weight is 434 g/mol. The molecule has 9 nitrogen and oxygen atoms in total. The molecule has 146 valence electrons. The van der Waals surface area contributed by atoms with Crippen molar-refractivity contribution in [3.05, 3.63) is 29.8 Å². The van der Waals surface area contributed by atoms with Crippen LogP contribution in [0.4, 0.5) is 0 Å². The second-order valence-electron chi connectivity index (χ2n) is 5.79. The van der Waals surface area contributed by atoms with Gasteiger partial charge in [-0.3, -0.25) is 0 Å². The van der Waals surface area contributed by atoms with Gasteiger partial charge in [0.05, 0.1) is 0 Å². The Labute approximate surface area is 153 Å². The Hall–Kier alpha value is 0.0500. The first kappa shape index (κ1) is 23.1. The Kier molecular flexibility index (Phi) is 9.08. The molecule has 0 amide bonds. The summed E-state index contributed by atoms with van der Waals surface area (Å²) in [4.78, 5) is 46.8. The number of hydrogen-bond donors (Lipinski definition) is 5. The molecule has 1 aromatic carbocycles. The molecule has 1 atom stereocenters. The fourth-order valence-corrected chi connectivity index (χ4v) is 4.59. The summed E-state index contributed by atoms with van der Waals surface area (Å²) in [5.41, 5.74) is 0.868. The van der Waals surface area contributed by atoms with E-state index in [1.807, 2.05) is 18.8 Å². The van der Waals surface area contributed by atoms with E-state index in [1.165, 1.54) is 0 Å². The molecule has 1 rings (SSSR count). The van der Waals surface area contributed by atoms with Crippen LogP contribution in [-0.4, -0.2) is 67.2 Å². The Bertz CT molecular complexity index is 618. The fraction of sp³-hybridized carbons (Fsp3) is 0.500. The molecule has 0 bridgehead atoms. The standard InChI is InChI=1S/C12H25N2O7P3S/c1-13(2)22(25)21-12-5-3-11(4-6-12)7-8-14(9-23(15,16)17)10-24(18,19)20/h3-6,15-17,22-23H,7-10H2,1-2H3,(H2,18,19,20). The fourth-order valence-electron chi connectivity index (χ4n) is 1.96. The van der Waals surface area contributed by atoms with E-state index in [0.717, 1.165) is 10.5 Å². The molecule has 0 heterocycles. The molecule has 0 aliphatic carbocycles. The second kappa shape index (κ2) is 9.83. The molecule has 0 aromatic heterocycles. The van der Waals surface area contributed by atoms with Gasteiger partial charge in [0.15, 0.2) is 0 Å². The number of rotatable bonds is 10. The average Bonchev–Trinajstić information content (AvgIpc) is 2.42. The molecular weight excluding hydrogens is 409 g/mol. The Morgan fingerprint density at radius 1 is 1.20 bits per heavy atom. The maximum absolute atomic E-state index is 11.1. The van der Waals surface area contributed by atoms with Crippen LogP contribution >= 0.6 is 22.6 Å². The topological polar surface area (TPSA) is 134 Å². The predicted molar refractivity (Wildman–Crippen MR) is 104 cm³/mol. The van der Waals surface area contributed by atoms with Crippen molar-refractivity contribution in [2.45, 2.75) is 6.42 Å². The predicted octanol–water partition coefficient (Wildman–Crippen LogP) is 0.542. The van der Waals surface area contributed by atoms with Crippen molar-refractivity contribution in [2.75, 3.05) is 33.2 Å². The number of benzene rings is 1. The van der Waals surface area contributed by atoms with Crippen LogP contribution in [0.5, 0.6) is 5.75 Å². The summed E-state index contributed by atoms with van der Waals surface area (Å²) in [5.74, 6) is 0.640. The third kappa shape index (κ3) is 10.7. The summed E-state index contributed by atoms with van der Waals surface area (Å²) in [6.45, 7) is 0.148. The molecule has 0 saturated carbocycles. The first-order chi connectivity index (χ1) is 11.4. The molecule has 5 N–H and O–H groups in total. The molecule has 1 unspecified atom stereocenters. The van der Waals surface area contributed by atoms with Gasteiger partial charge in [0, 0.05) is 0 Å². The van der Waals surface area contributed by atoms with Crippen LogP contribution in [0, 0.1) is 0 Å². The first-order valence-electron chi connectivity index (χ1n) is 7.28. The molecule has 0 fully saturated rings. The normalized spacial score (nSPS) is 14.8. The maximum atomic E-state index is 11.1. The molecule has 1 aromatic rings. The van der Waals surface area contributed by atoms with E-state index in [1.54, 1.807) is 24.3 Å². The van der Waals surface area contributed by atoms with Crippen molar-refractivity contribution in [1.82, 2.24) is 9.57 Å². The molecular formula is C12H25N2O7P3S. The molecule has 0 radical (unpaired) electrons. The molecule has 0 spiro atoms. The van der Waals surface area contributed by atoms with E-state index in [9.17, 15) is 19.2 Å². The van der Waals surface area contributed by atoms with E-state index in [4.69, 9.17) is 26.1 Å². The molecule has 0 saturated heterocycles. The van der Waals surface area contributed by atoms with Crippen molar-refractivity contribution in [1.29, 1.82) is 0 Å². The van der Waals surface area contributed by atoms with Crippen LogP contribution in [-0.2, 0) is 22.8 Å². The number of nitrogens with zero attached hydrogens (tertiary/aromatic N) is 2.